The molecule has 0 unspecified atom stereocenters. The van der Waals surface area contributed by atoms with Gasteiger partial charge < -0.3 is 5.32 Å². The third-order valence-electron chi connectivity index (χ3n) is 4.44. The Morgan fingerprint density at radius 1 is 1.17 bits per heavy atom. The molecule has 0 aliphatic carbocycles. The van der Waals surface area contributed by atoms with E-state index in [1.54, 1.807) is 22.8 Å². The molecule has 1 atom stereocenters. The quantitative estimate of drug-likeness (QED) is 0.437. The maximum absolute atomic E-state index is 13.0. The van der Waals surface area contributed by atoms with Crippen LogP contribution >= 0.6 is 23.4 Å². The highest BCUT2D eigenvalue weighted by Gasteiger charge is 2.16. The summed E-state index contributed by atoms with van der Waals surface area (Å²) in [5.74, 6) is 0.335. The summed E-state index contributed by atoms with van der Waals surface area (Å²) in [6.45, 7) is 6.57. The average molecular weight is 430 g/mol. The lowest BCUT2D eigenvalue weighted by molar-refractivity contribution is -0.119. The van der Waals surface area contributed by atoms with Crippen LogP contribution in [0, 0.1) is 5.92 Å². The predicted molar refractivity (Wildman–Crippen MR) is 120 cm³/mol. The summed E-state index contributed by atoms with van der Waals surface area (Å²) in [7, 11) is 0. The van der Waals surface area contributed by atoms with Crippen molar-refractivity contribution in [3.05, 3.63) is 69.5 Å². The number of halogens is 1. The molecule has 0 fully saturated rings. The largest absolute Gasteiger partial charge is 0.349 e. The molecule has 1 aromatic heterocycles. The van der Waals surface area contributed by atoms with Crippen LogP contribution in [0.3, 0.4) is 0 Å². The normalized spacial score (nSPS) is 12.3. The summed E-state index contributed by atoms with van der Waals surface area (Å²) >= 11 is 7.34. The van der Waals surface area contributed by atoms with Crippen LogP contribution in [0.25, 0.3) is 10.9 Å². The van der Waals surface area contributed by atoms with Crippen molar-refractivity contribution in [1.82, 2.24) is 14.9 Å². The standard InChI is InChI=1S/C22H24ClN3O2S/c1-14(2)12-26-21(28)18-10-9-17(23)11-19(18)25-22(26)29-13-20(27)24-15(3)16-7-5-4-6-8-16/h4-11,14-15H,12-13H2,1-3H3,(H,24,27)/t15-/m1/s1. The minimum Gasteiger partial charge on any atom is -0.349 e. The van der Waals surface area contributed by atoms with Crippen LogP contribution in [0.4, 0.5) is 0 Å². The minimum absolute atomic E-state index is 0.0921. The van der Waals surface area contributed by atoms with E-state index < -0.39 is 0 Å². The van der Waals surface area contributed by atoms with Gasteiger partial charge in [-0.1, -0.05) is 67.5 Å². The maximum Gasteiger partial charge on any atom is 0.262 e. The van der Waals surface area contributed by atoms with Crippen LogP contribution in [0.5, 0.6) is 0 Å². The fourth-order valence-corrected chi connectivity index (χ4v) is 4.03. The van der Waals surface area contributed by atoms with E-state index in [9.17, 15) is 9.59 Å². The summed E-state index contributed by atoms with van der Waals surface area (Å²) in [5.41, 5.74) is 1.48. The van der Waals surface area contributed by atoms with Crippen molar-refractivity contribution in [1.29, 1.82) is 0 Å². The number of nitrogens with zero attached hydrogens (tertiary/aromatic N) is 2. The third-order valence-corrected chi connectivity index (χ3v) is 5.65. The summed E-state index contributed by atoms with van der Waals surface area (Å²) < 4.78 is 1.65. The van der Waals surface area contributed by atoms with Gasteiger partial charge in [0.2, 0.25) is 5.91 Å². The van der Waals surface area contributed by atoms with E-state index in [0.717, 1.165) is 5.56 Å². The van der Waals surface area contributed by atoms with Crippen molar-refractivity contribution >= 4 is 40.2 Å². The Morgan fingerprint density at radius 3 is 2.59 bits per heavy atom. The first-order chi connectivity index (χ1) is 13.8. The Bertz CT molecular complexity index is 1070. The summed E-state index contributed by atoms with van der Waals surface area (Å²) in [6, 6.07) is 14.8. The number of hydrogen-bond acceptors (Lipinski definition) is 4. The van der Waals surface area contributed by atoms with Crippen LogP contribution in [-0.4, -0.2) is 21.2 Å². The Hall–Kier alpha value is -2.31. The molecule has 0 spiro atoms. The molecule has 3 aromatic rings. The van der Waals surface area contributed by atoms with Gasteiger partial charge >= 0.3 is 0 Å². The van der Waals surface area contributed by atoms with Gasteiger partial charge in [-0.15, -0.1) is 0 Å². The number of rotatable bonds is 7. The Balaban J connectivity index is 1.81. The number of hydrogen-bond donors (Lipinski definition) is 1. The zero-order valence-corrected chi connectivity index (χ0v) is 18.3. The summed E-state index contributed by atoms with van der Waals surface area (Å²) in [4.78, 5) is 30.1. The molecule has 2 aromatic carbocycles. The summed E-state index contributed by atoms with van der Waals surface area (Å²) in [5, 5.41) is 4.57. The van der Waals surface area contributed by atoms with Crippen LogP contribution in [0.1, 0.15) is 32.4 Å². The second-order valence-corrected chi connectivity index (χ2v) is 8.73. The molecule has 3 rings (SSSR count). The SMILES string of the molecule is CC(C)Cn1c(SCC(=O)N[C@H](C)c2ccccc2)nc2cc(Cl)ccc2c1=O. The van der Waals surface area contributed by atoms with Gasteiger partial charge in [0.15, 0.2) is 5.16 Å². The molecular formula is C22H24ClN3O2S. The molecule has 1 heterocycles. The molecule has 1 N–H and O–H groups in total. The minimum atomic E-state index is -0.110. The maximum atomic E-state index is 13.0. The van der Waals surface area contributed by atoms with Crippen LogP contribution in [-0.2, 0) is 11.3 Å². The number of amides is 1. The summed E-state index contributed by atoms with van der Waals surface area (Å²) in [6.07, 6.45) is 0. The van der Waals surface area contributed by atoms with Crippen molar-refractivity contribution in [3.8, 4) is 0 Å². The molecule has 0 radical (unpaired) electrons. The molecule has 152 valence electrons. The Morgan fingerprint density at radius 2 is 1.90 bits per heavy atom. The van der Waals surface area contributed by atoms with Gasteiger partial charge in [0.25, 0.3) is 5.56 Å². The predicted octanol–water partition coefficient (Wildman–Crippen LogP) is 4.68. The van der Waals surface area contributed by atoms with Gasteiger partial charge in [0.1, 0.15) is 0 Å². The average Bonchev–Trinajstić information content (AvgIpc) is 2.69. The number of carbonyl (C=O) groups excluding carboxylic acids is 1. The first-order valence-electron chi connectivity index (χ1n) is 9.52. The van der Waals surface area contributed by atoms with Crippen LogP contribution < -0.4 is 10.9 Å². The van der Waals surface area contributed by atoms with E-state index in [4.69, 9.17) is 11.6 Å². The van der Waals surface area contributed by atoms with E-state index in [2.05, 4.69) is 10.3 Å². The molecule has 0 saturated heterocycles. The van der Waals surface area contributed by atoms with E-state index in [-0.39, 0.29) is 29.2 Å². The molecular weight excluding hydrogens is 406 g/mol. The number of carbonyl (C=O) groups is 1. The second kappa shape index (κ2) is 9.46. The zero-order chi connectivity index (χ0) is 21.0. The number of aromatic nitrogens is 2. The highest BCUT2D eigenvalue weighted by atomic mass is 35.5. The second-order valence-electron chi connectivity index (χ2n) is 7.35. The van der Waals surface area contributed by atoms with Crippen LogP contribution in [0.15, 0.2) is 58.5 Å². The lowest BCUT2D eigenvalue weighted by Gasteiger charge is -2.16. The molecule has 7 heteroatoms. The van der Waals surface area contributed by atoms with Crippen molar-refractivity contribution in [2.24, 2.45) is 5.92 Å². The fourth-order valence-electron chi connectivity index (χ4n) is 3.05. The first kappa shape index (κ1) is 21.4. The van der Waals surface area contributed by atoms with E-state index >= 15 is 0 Å². The van der Waals surface area contributed by atoms with Gasteiger partial charge in [-0.2, -0.15) is 0 Å². The topological polar surface area (TPSA) is 64.0 Å². The number of thioether (sulfide) groups is 1. The van der Waals surface area contributed by atoms with Gasteiger partial charge in [-0.3, -0.25) is 14.2 Å². The van der Waals surface area contributed by atoms with Crippen LogP contribution in [0.2, 0.25) is 5.02 Å². The van der Waals surface area contributed by atoms with Gasteiger partial charge in [-0.05, 0) is 36.6 Å². The molecule has 1 amide bonds. The van der Waals surface area contributed by atoms with Gasteiger partial charge in [0, 0.05) is 11.6 Å². The Labute approximate surface area is 179 Å². The Kier molecular flexibility index (Phi) is 6.98. The smallest absolute Gasteiger partial charge is 0.262 e. The number of nitrogens with one attached hydrogen (secondary N) is 1. The number of benzene rings is 2. The monoisotopic (exact) mass is 429 g/mol. The molecule has 0 bridgehead atoms. The van der Waals surface area contributed by atoms with Crippen molar-refractivity contribution in [3.63, 3.8) is 0 Å². The fraction of sp³-hybridized carbons (Fsp3) is 0.318. The van der Waals surface area contributed by atoms with Crippen molar-refractivity contribution in [2.75, 3.05) is 5.75 Å². The van der Waals surface area contributed by atoms with E-state index in [1.807, 2.05) is 51.1 Å². The van der Waals surface area contributed by atoms with E-state index in [1.165, 1.54) is 11.8 Å². The zero-order valence-electron chi connectivity index (χ0n) is 16.7. The van der Waals surface area contributed by atoms with E-state index in [0.29, 0.717) is 27.6 Å². The third kappa shape index (κ3) is 5.40. The van der Waals surface area contributed by atoms with Gasteiger partial charge in [-0.25, -0.2) is 4.98 Å². The molecule has 0 saturated carbocycles. The lowest BCUT2D eigenvalue weighted by Crippen LogP contribution is -2.29. The highest BCUT2D eigenvalue weighted by Crippen LogP contribution is 2.21. The highest BCUT2D eigenvalue weighted by molar-refractivity contribution is 7.99. The molecule has 0 aliphatic heterocycles. The number of fused-ring (bicyclic) bond motifs is 1. The van der Waals surface area contributed by atoms with Crippen molar-refractivity contribution < 1.29 is 4.79 Å². The molecule has 5 nitrogen and oxygen atoms in total. The van der Waals surface area contributed by atoms with Gasteiger partial charge in [0.05, 0.1) is 22.7 Å². The first-order valence-corrected chi connectivity index (χ1v) is 10.9. The lowest BCUT2D eigenvalue weighted by atomic mass is 10.1. The molecule has 0 aliphatic rings. The van der Waals surface area contributed by atoms with Crippen molar-refractivity contribution in [2.45, 2.75) is 38.5 Å². The molecule has 29 heavy (non-hydrogen) atoms.